The van der Waals surface area contributed by atoms with E-state index in [9.17, 15) is 8.42 Å². The average Bonchev–Trinajstić information content (AvgIpc) is 3.05. The number of nitrogens with one attached hydrogen (secondary N) is 2. The van der Waals surface area contributed by atoms with Crippen LogP contribution in [0.25, 0.3) is 0 Å². The number of rotatable bonds is 16. The molecule has 0 aliphatic carbocycles. The van der Waals surface area contributed by atoms with Gasteiger partial charge in [-0.2, -0.15) is 0 Å². The van der Waals surface area contributed by atoms with Gasteiger partial charge in [0.1, 0.15) is 11.5 Å². The van der Waals surface area contributed by atoms with Crippen LogP contribution in [-0.4, -0.2) is 73.8 Å². The van der Waals surface area contributed by atoms with E-state index >= 15 is 0 Å². The maximum atomic E-state index is 11.5. The van der Waals surface area contributed by atoms with Crippen LogP contribution < -0.4 is 24.4 Å². The molecule has 2 aliphatic rings. The second kappa shape index (κ2) is 16.4. The molecule has 9 nitrogen and oxygen atoms in total. The van der Waals surface area contributed by atoms with Crippen molar-refractivity contribution in [3.8, 4) is 11.5 Å². The van der Waals surface area contributed by atoms with Gasteiger partial charge in [0.05, 0.1) is 45.9 Å². The molecule has 0 spiro atoms. The molecule has 0 unspecified atom stereocenters. The number of anilines is 1. The summed E-state index contributed by atoms with van der Waals surface area (Å²) in [4.78, 5) is 2.28. The van der Waals surface area contributed by atoms with Crippen molar-refractivity contribution in [3.05, 3.63) is 89.0 Å². The quantitative estimate of drug-likeness (QED) is 0.219. The van der Waals surface area contributed by atoms with Gasteiger partial charge in [0.15, 0.2) is 0 Å². The molecule has 244 valence electrons. The Hall–Kier alpha value is -3.15. The molecule has 0 saturated carbocycles. The van der Waals surface area contributed by atoms with Crippen molar-refractivity contribution in [2.45, 2.75) is 50.9 Å². The highest BCUT2D eigenvalue weighted by atomic mass is 32.2. The molecule has 3 aromatic carbocycles. The minimum absolute atomic E-state index is 0.0667. The molecule has 0 aromatic heterocycles. The number of sulfonamides is 1. The number of methoxy groups -OCH3 is 1. The van der Waals surface area contributed by atoms with E-state index < -0.39 is 10.0 Å². The van der Waals surface area contributed by atoms with Gasteiger partial charge in [-0.05, 0) is 66.8 Å². The highest BCUT2D eigenvalue weighted by molar-refractivity contribution is 7.88. The molecule has 10 heteroatoms. The molecule has 3 aromatic rings. The summed E-state index contributed by atoms with van der Waals surface area (Å²) in [6.45, 7) is 6.02. The van der Waals surface area contributed by atoms with Gasteiger partial charge in [0.2, 0.25) is 10.0 Å². The van der Waals surface area contributed by atoms with Crippen molar-refractivity contribution in [1.82, 2.24) is 10.0 Å². The van der Waals surface area contributed by atoms with Crippen molar-refractivity contribution < 1.29 is 27.4 Å². The lowest BCUT2D eigenvalue weighted by Crippen LogP contribution is -2.41. The van der Waals surface area contributed by atoms with Crippen molar-refractivity contribution in [3.63, 3.8) is 0 Å². The van der Waals surface area contributed by atoms with E-state index in [0.29, 0.717) is 45.4 Å². The van der Waals surface area contributed by atoms with Crippen LogP contribution in [0.2, 0.25) is 0 Å². The van der Waals surface area contributed by atoms with Gasteiger partial charge >= 0.3 is 0 Å². The largest absolute Gasteiger partial charge is 0.496 e. The summed E-state index contributed by atoms with van der Waals surface area (Å²) >= 11 is 0. The maximum absolute atomic E-state index is 11.5. The summed E-state index contributed by atoms with van der Waals surface area (Å²) in [5.41, 5.74) is 5.95. The lowest BCUT2D eigenvalue weighted by atomic mass is 9.87. The van der Waals surface area contributed by atoms with E-state index in [-0.39, 0.29) is 6.10 Å². The monoisotopic (exact) mass is 637 g/mol. The van der Waals surface area contributed by atoms with Crippen LogP contribution in [0.5, 0.6) is 11.5 Å². The van der Waals surface area contributed by atoms with Crippen LogP contribution in [0.1, 0.15) is 47.4 Å². The molecule has 0 radical (unpaired) electrons. The first-order valence-electron chi connectivity index (χ1n) is 16.0. The number of ether oxygens (including phenoxy) is 4. The van der Waals surface area contributed by atoms with Gasteiger partial charge in [-0.1, -0.05) is 42.5 Å². The average molecular weight is 638 g/mol. The Bertz CT molecular complexity index is 1470. The maximum Gasteiger partial charge on any atom is 0.208 e. The smallest absolute Gasteiger partial charge is 0.208 e. The van der Waals surface area contributed by atoms with Gasteiger partial charge in [-0.15, -0.1) is 0 Å². The van der Waals surface area contributed by atoms with Crippen LogP contribution in [0.4, 0.5) is 5.69 Å². The molecule has 1 saturated heterocycles. The second-order valence-corrected chi connectivity index (χ2v) is 13.6. The zero-order valence-corrected chi connectivity index (χ0v) is 27.3. The SMILES string of the molecule is COc1ccccc1COCCCOc1ccc([C@H]2CCNC[C@@H]2OCc2ccc3c(c2)N(CCNS(C)(=O)=O)CCC3)cc1. The summed E-state index contributed by atoms with van der Waals surface area (Å²) in [6.07, 6.45) is 5.20. The number of para-hydroxylation sites is 1. The van der Waals surface area contributed by atoms with E-state index in [1.165, 1.54) is 23.1 Å². The highest BCUT2D eigenvalue weighted by Crippen LogP contribution is 2.32. The van der Waals surface area contributed by atoms with Gasteiger partial charge < -0.3 is 29.2 Å². The fourth-order valence-electron chi connectivity index (χ4n) is 6.14. The van der Waals surface area contributed by atoms with Crippen molar-refractivity contribution in [2.75, 3.05) is 64.2 Å². The second-order valence-electron chi connectivity index (χ2n) is 11.8. The van der Waals surface area contributed by atoms with Gasteiger partial charge in [-0.3, -0.25) is 0 Å². The van der Waals surface area contributed by atoms with Gasteiger partial charge in [-0.25, -0.2) is 13.1 Å². The van der Waals surface area contributed by atoms with Crippen molar-refractivity contribution >= 4 is 15.7 Å². The lowest BCUT2D eigenvalue weighted by molar-refractivity contribution is 0.0106. The summed E-state index contributed by atoms with van der Waals surface area (Å²) in [5.74, 6) is 2.01. The molecular weight excluding hydrogens is 590 g/mol. The molecule has 0 bridgehead atoms. The molecule has 5 rings (SSSR count). The first-order chi connectivity index (χ1) is 21.9. The van der Waals surface area contributed by atoms with E-state index in [0.717, 1.165) is 67.9 Å². The molecule has 1 fully saturated rings. The Labute approximate surface area is 268 Å². The zero-order chi connectivity index (χ0) is 31.5. The summed E-state index contributed by atoms with van der Waals surface area (Å²) in [7, 11) is -1.52. The van der Waals surface area contributed by atoms with Crippen LogP contribution in [0.15, 0.2) is 66.7 Å². The minimum atomic E-state index is -3.20. The van der Waals surface area contributed by atoms with E-state index in [1.54, 1.807) is 7.11 Å². The van der Waals surface area contributed by atoms with Crippen LogP contribution in [-0.2, 0) is 39.1 Å². The fraction of sp³-hybridized carbons (Fsp3) is 0.486. The topological polar surface area (TPSA) is 98.4 Å². The predicted molar refractivity (Wildman–Crippen MR) is 178 cm³/mol. The zero-order valence-electron chi connectivity index (χ0n) is 26.5. The third kappa shape index (κ3) is 9.92. The number of nitrogens with zero attached hydrogens (tertiary/aromatic N) is 1. The third-order valence-electron chi connectivity index (χ3n) is 8.46. The minimum Gasteiger partial charge on any atom is -0.496 e. The Morgan fingerprint density at radius 1 is 1.02 bits per heavy atom. The number of fused-ring (bicyclic) bond motifs is 1. The molecule has 2 N–H and O–H groups in total. The Morgan fingerprint density at radius 2 is 1.87 bits per heavy atom. The lowest BCUT2D eigenvalue weighted by Gasteiger charge is -2.33. The number of piperidine rings is 1. The van der Waals surface area contributed by atoms with Crippen LogP contribution in [0, 0.1) is 0 Å². The van der Waals surface area contributed by atoms with Crippen molar-refractivity contribution in [2.24, 2.45) is 0 Å². The standard InChI is InChI=1S/C35H47N3O6S/c1-41-34-9-4-3-7-30(34)26-42-21-6-22-43-31-14-12-28(13-15-31)32-16-17-36-24-35(32)44-25-27-10-11-29-8-5-19-38(33(29)23-27)20-18-37-45(2,39)40/h3-4,7,9-15,23,32,35-37H,5-6,8,16-22,24-26H2,1-2H3/t32-,35+/m1/s1. The van der Waals surface area contributed by atoms with Gasteiger partial charge in [0.25, 0.3) is 0 Å². The normalized spacial score (nSPS) is 18.4. The number of benzene rings is 3. The molecule has 45 heavy (non-hydrogen) atoms. The first-order valence-corrected chi connectivity index (χ1v) is 17.8. The Balaban J connectivity index is 1.09. The Morgan fingerprint density at radius 3 is 2.69 bits per heavy atom. The number of hydrogen-bond donors (Lipinski definition) is 2. The van der Waals surface area contributed by atoms with Gasteiger partial charge in [0, 0.05) is 49.8 Å². The number of aryl methyl sites for hydroxylation is 1. The Kier molecular flexibility index (Phi) is 12.1. The molecule has 0 amide bonds. The van der Waals surface area contributed by atoms with E-state index in [1.807, 2.05) is 24.3 Å². The van der Waals surface area contributed by atoms with Crippen LogP contribution in [0.3, 0.4) is 0 Å². The number of hydrogen-bond acceptors (Lipinski definition) is 8. The van der Waals surface area contributed by atoms with Crippen molar-refractivity contribution in [1.29, 1.82) is 0 Å². The third-order valence-corrected chi connectivity index (χ3v) is 9.19. The summed E-state index contributed by atoms with van der Waals surface area (Å²) in [6, 6.07) is 22.9. The summed E-state index contributed by atoms with van der Waals surface area (Å²) < 4.78 is 49.4. The summed E-state index contributed by atoms with van der Waals surface area (Å²) in [5, 5.41) is 3.50. The first kappa shape index (κ1) is 33.2. The molecule has 2 heterocycles. The van der Waals surface area contributed by atoms with Crippen LogP contribution >= 0.6 is 0 Å². The predicted octanol–water partition coefficient (Wildman–Crippen LogP) is 4.65. The highest BCUT2D eigenvalue weighted by Gasteiger charge is 2.27. The van der Waals surface area contributed by atoms with E-state index in [4.69, 9.17) is 18.9 Å². The van der Waals surface area contributed by atoms with E-state index in [2.05, 4.69) is 57.4 Å². The fourth-order valence-corrected chi connectivity index (χ4v) is 6.60. The molecular formula is C35H47N3O6S. The molecule has 2 aliphatic heterocycles. The molecule has 2 atom stereocenters.